The Labute approximate surface area is 175 Å². The van der Waals surface area contributed by atoms with Crippen molar-refractivity contribution in [3.8, 4) is 5.75 Å². The Bertz CT molecular complexity index is 913. The van der Waals surface area contributed by atoms with Gasteiger partial charge in [-0.3, -0.25) is 14.7 Å². The zero-order valence-electron chi connectivity index (χ0n) is 16.4. The fourth-order valence-electron chi connectivity index (χ4n) is 4.20. The Balaban J connectivity index is 1.76. The Morgan fingerprint density at radius 3 is 2.97 bits per heavy atom. The van der Waals surface area contributed by atoms with Crippen LogP contribution in [0.5, 0.6) is 5.75 Å². The van der Waals surface area contributed by atoms with Gasteiger partial charge in [0.25, 0.3) is 0 Å². The first kappa shape index (κ1) is 20.2. The highest BCUT2D eigenvalue weighted by molar-refractivity contribution is 6.45. The van der Waals surface area contributed by atoms with E-state index >= 15 is 0 Å². The van der Waals surface area contributed by atoms with Gasteiger partial charge < -0.3 is 19.3 Å². The van der Waals surface area contributed by atoms with Gasteiger partial charge in [-0.25, -0.2) is 0 Å². The van der Waals surface area contributed by atoms with Crippen molar-refractivity contribution in [2.45, 2.75) is 25.5 Å². The Morgan fingerprint density at radius 1 is 1.38 bits per heavy atom. The second-order valence-electron chi connectivity index (χ2n) is 7.32. The SMILES string of the molecule is COC(=O)[C@H]1CN([C@@H]2c3ccc(Cl)cc3OCc3cccnc32)CCN1B(C)O. The van der Waals surface area contributed by atoms with Crippen LogP contribution in [0.3, 0.4) is 0 Å². The minimum absolute atomic E-state index is 0.190. The molecule has 0 radical (unpaired) electrons. The summed E-state index contributed by atoms with van der Waals surface area (Å²) in [5, 5.41) is 10.7. The van der Waals surface area contributed by atoms with Crippen LogP contribution >= 0.6 is 11.6 Å². The number of hydrogen-bond donors (Lipinski definition) is 1. The smallest absolute Gasteiger partial charge is 0.377 e. The van der Waals surface area contributed by atoms with Crippen LogP contribution in [-0.2, 0) is 16.1 Å². The largest absolute Gasteiger partial charge is 0.488 e. The summed E-state index contributed by atoms with van der Waals surface area (Å²) in [6.45, 7) is 3.65. The van der Waals surface area contributed by atoms with Crippen molar-refractivity contribution in [2.75, 3.05) is 26.7 Å². The van der Waals surface area contributed by atoms with E-state index in [0.717, 1.165) is 16.8 Å². The summed E-state index contributed by atoms with van der Waals surface area (Å²) in [6.07, 6.45) is 1.77. The Kier molecular flexibility index (Phi) is 5.78. The zero-order valence-corrected chi connectivity index (χ0v) is 17.2. The number of fused-ring (bicyclic) bond motifs is 2. The van der Waals surface area contributed by atoms with Crippen LogP contribution in [0.4, 0.5) is 0 Å². The number of halogens is 1. The zero-order chi connectivity index (χ0) is 20.5. The standard InChI is InChI=1S/C20H23BClN3O4/c1-21(27)25-9-8-24(11-16(25)20(26)28-2)19-15-6-5-14(22)10-17(15)29-12-13-4-3-7-23-18(13)19/h3-7,10,16,19,27H,8-9,11-12H2,1-2H3/t16-,19-/m1/s1. The lowest BCUT2D eigenvalue weighted by molar-refractivity contribution is -0.147. The molecule has 0 saturated carbocycles. The number of hydrogen-bond acceptors (Lipinski definition) is 7. The first-order valence-corrected chi connectivity index (χ1v) is 9.99. The maximum atomic E-state index is 12.5. The molecule has 7 nitrogen and oxygen atoms in total. The van der Waals surface area contributed by atoms with E-state index in [0.29, 0.717) is 37.0 Å². The third-order valence-corrected chi connectivity index (χ3v) is 5.85. The average Bonchev–Trinajstić information content (AvgIpc) is 2.89. The van der Waals surface area contributed by atoms with Gasteiger partial charge in [0.05, 0.1) is 18.8 Å². The second kappa shape index (κ2) is 8.32. The van der Waals surface area contributed by atoms with Crippen molar-refractivity contribution in [3.63, 3.8) is 0 Å². The van der Waals surface area contributed by atoms with Crippen molar-refractivity contribution in [1.82, 2.24) is 14.7 Å². The molecule has 3 heterocycles. The number of aromatic nitrogens is 1. The lowest BCUT2D eigenvalue weighted by Crippen LogP contribution is -2.61. The number of rotatable bonds is 3. The van der Waals surface area contributed by atoms with Gasteiger partial charge in [0, 0.05) is 42.0 Å². The lowest BCUT2D eigenvalue weighted by atomic mass is 9.81. The predicted octanol–water partition coefficient (Wildman–Crippen LogP) is 1.99. The van der Waals surface area contributed by atoms with Crippen molar-refractivity contribution in [2.24, 2.45) is 0 Å². The molecular formula is C20H23BClN3O4. The van der Waals surface area contributed by atoms with Crippen LogP contribution in [0.15, 0.2) is 36.5 Å². The van der Waals surface area contributed by atoms with Gasteiger partial charge in [-0.15, -0.1) is 0 Å². The molecule has 2 aliphatic heterocycles. The number of benzene rings is 1. The summed E-state index contributed by atoms with van der Waals surface area (Å²) in [5.74, 6) is 0.353. The molecule has 0 aliphatic carbocycles. The van der Waals surface area contributed by atoms with E-state index in [1.807, 2.05) is 30.3 Å². The van der Waals surface area contributed by atoms with Crippen LogP contribution in [0.2, 0.25) is 11.8 Å². The van der Waals surface area contributed by atoms with E-state index in [4.69, 9.17) is 21.1 Å². The maximum Gasteiger partial charge on any atom is 0.377 e. The third kappa shape index (κ3) is 3.85. The third-order valence-electron chi connectivity index (χ3n) is 5.61. The minimum Gasteiger partial charge on any atom is -0.488 e. The van der Waals surface area contributed by atoms with E-state index in [-0.39, 0.29) is 12.0 Å². The molecule has 4 rings (SSSR count). The summed E-state index contributed by atoms with van der Waals surface area (Å²) >= 11 is 6.21. The number of pyridine rings is 1. The molecule has 1 aromatic heterocycles. The fraction of sp³-hybridized carbons (Fsp3) is 0.400. The summed E-state index contributed by atoms with van der Waals surface area (Å²) in [7, 11) is 0.630. The molecule has 1 aromatic carbocycles. The van der Waals surface area contributed by atoms with E-state index in [2.05, 4.69) is 9.88 Å². The molecule has 1 N–H and O–H groups in total. The van der Waals surface area contributed by atoms with Gasteiger partial charge >= 0.3 is 13.0 Å². The Morgan fingerprint density at radius 2 is 2.21 bits per heavy atom. The summed E-state index contributed by atoms with van der Waals surface area (Å²) in [6, 6.07) is 8.76. The molecule has 152 valence electrons. The molecule has 29 heavy (non-hydrogen) atoms. The van der Waals surface area contributed by atoms with Crippen molar-refractivity contribution < 1.29 is 19.3 Å². The predicted molar refractivity (Wildman–Crippen MR) is 110 cm³/mol. The molecule has 2 aliphatic rings. The number of ether oxygens (including phenoxy) is 2. The van der Waals surface area contributed by atoms with Crippen LogP contribution in [0.1, 0.15) is 22.9 Å². The highest BCUT2D eigenvalue weighted by Gasteiger charge is 2.41. The molecule has 9 heteroatoms. The fourth-order valence-corrected chi connectivity index (χ4v) is 4.36. The highest BCUT2D eigenvalue weighted by Crippen LogP contribution is 2.40. The van der Waals surface area contributed by atoms with E-state index in [1.54, 1.807) is 17.8 Å². The number of carbonyl (C=O) groups excluding carboxylic acids is 1. The van der Waals surface area contributed by atoms with Gasteiger partial charge in [0.2, 0.25) is 0 Å². The maximum absolute atomic E-state index is 12.5. The van der Waals surface area contributed by atoms with Gasteiger partial charge in [-0.1, -0.05) is 23.7 Å². The topological polar surface area (TPSA) is 75.1 Å². The molecule has 2 atom stereocenters. The van der Waals surface area contributed by atoms with Crippen molar-refractivity contribution >= 4 is 24.6 Å². The quantitative estimate of drug-likeness (QED) is 0.607. The van der Waals surface area contributed by atoms with Crippen LogP contribution in [0.25, 0.3) is 0 Å². The van der Waals surface area contributed by atoms with Crippen LogP contribution in [0, 0.1) is 0 Å². The van der Waals surface area contributed by atoms with Crippen molar-refractivity contribution in [1.29, 1.82) is 0 Å². The van der Waals surface area contributed by atoms with Gasteiger partial charge in [0.1, 0.15) is 18.4 Å². The monoisotopic (exact) mass is 415 g/mol. The number of piperazine rings is 1. The van der Waals surface area contributed by atoms with Gasteiger partial charge in [-0.2, -0.15) is 0 Å². The Hall–Kier alpha value is -2.13. The molecule has 0 amide bonds. The van der Waals surface area contributed by atoms with E-state index in [9.17, 15) is 9.82 Å². The van der Waals surface area contributed by atoms with E-state index in [1.165, 1.54) is 7.11 Å². The van der Waals surface area contributed by atoms with Crippen molar-refractivity contribution in [3.05, 3.63) is 58.4 Å². The van der Waals surface area contributed by atoms with Crippen LogP contribution in [-0.4, -0.2) is 65.5 Å². The average molecular weight is 416 g/mol. The first-order chi connectivity index (χ1) is 14.0. The molecule has 1 saturated heterocycles. The molecule has 0 unspecified atom stereocenters. The van der Waals surface area contributed by atoms with Crippen LogP contribution < -0.4 is 4.74 Å². The highest BCUT2D eigenvalue weighted by atomic mass is 35.5. The number of carbonyl (C=O) groups is 1. The molecule has 0 spiro atoms. The summed E-state index contributed by atoms with van der Waals surface area (Å²) in [5.41, 5.74) is 2.86. The van der Waals surface area contributed by atoms with E-state index < -0.39 is 13.1 Å². The number of nitrogens with zero attached hydrogens (tertiary/aromatic N) is 3. The minimum atomic E-state index is -0.741. The molecule has 0 bridgehead atoms. The van der Waals surface area contributed by atoms with Gasteiger partial charge in [0.15, 0.2) is 0 Å². The molecular weight excluding hydrogens is 393 g/mol. The number of methoxy groups -OCH3 is 1. The second-order valence-corrected chi connectivity index (χ2v) is 7.76. The number of esters is 1. The first-order valence-electron chi connectivity index (χ1n) is 9.61. The summed E-state index contributed by atoms with van der Waals surface area (Å²) < 4.78 is 11.0. The van der Waals surface area contributed by atoms with Gasteiger partial charge in [-0.05, 0) is 25.0 Å². The summed E-state index contributed by atoms with van der Waals surface area (Å²) in [4.78, 5) is 21.1. The lowest BCUT2D eigenvalue weighted by Gasteiger charge is -2.43. The molecule has 2 aromatic rings. The normalized spacial score (nSPS) is 22.1. The molecule has 1 fully saturated rings.